The minimum Gasteiger partial charge on any atom is -0.393 e. The normalized spacial score (nSPS) is 28.3. The zero-order valence-corrected chi connectivity index (χ0v) is 19.4. The second-order valence-corrected chi connectivity index (χ2v) is 9.73. The third-order valence-corrected chi connectivity index (χ3v) is 7.19. The number of carbonyl (C=O) groups excluding carboxylic acids is 1. The average molecular weight is 482 g/mol. The van der Waals surface area contributed by atoms with E-state index in [2.05, 4.69) is 20.3 Å². The number of ether oxygens (including phenoxy) is 3. The Balaban J connectivity index is 1.35. The summed E-state index contributed by atoms with van der Waals surface area (Å²) in [5, 5.41) is 13.1. The molecule has 11 heteroatoms. The van der Waals surface area contributed by atoms with Gasteiger partial charge in [0.1, 0.15) is 17.8 Å². The Hall–Kier alpha value is -3.12. The van der Waals surface area contributed by atoms with E-state index in [1.54, 1.807) is 18.4 Å². The molecule has 184 valence electrons. The van der Waals surface area contributed by atoms with Gasteiger partial charge in [-0.15, -0.1) is 0 Å². The Kier molecular flexibility index (Phi) is 5.08. The topological polar surface area (TPSA) is 141 Å². The Labute approximate surface area is 200 Å². The number of aromatic nitrogens is 4. The monoisotopic (exact) mass is 481 g/mol. The molecule has 3 aromatic rings. The number of H-pyrrole nitrogens is 1. The van der Waals surface area contributed by atoms with Gasteiger partial charge in [0.15, 0.2) is 23.0 Å². The molecule has 4 heterocycles. The first-order valence-corrected chi connectivity index (χ1v) is 11.8. The lowest BCUT2D eigenvalue weighted by atomic mass is 9.91. The Bertz CT molecular complexity index is 1330. The summed E-state index contributed by atoms with van der Waals surface area (Å²) in [4.78, 5) is 36.0. The van der Waals surface area contributed by atoms with E-state index in [4.69, 9.17) is 14.2 Å². The van der Waals surface area contributed by atoms with Crippen LogP contribution in [0.3, 0.4) is 0 Å². The maximum atomic E-state index is 12.6. The number of hydrogen-bond donors (Lipinski definition) is 3. The van der Waals surface area contributed by atoms with Crippen LogP contribution in [0.4, 0.5) is 5.95 Å². The van der Waals surface area contributed by atoms with Gasteiger partial charge >= 0.3 is 0 Å². The van der Waals surface area contributed by atoms with Gasteiger partial charge < -0.3 is 19.3 Å². The van der Waals surface area contributed by atoms with E-state index in [1.807, 2.05) is 30.3 Å². The number of anilines is 1. The number of aromatic amines is 1. The molecule has 35 heavy (non-hydrogen) atoms. The van der Waals surface area contributed by atoms with Crippen molar-refractivity contribution in [3.05, 3.63) is 52.6 Å². The van der Waals surface area contributed by atoms with Gasteiger partial charge in [-0.25, -0.2) is 4.98 Å². The number of fused-ring (bicyclic) bond motifs is 4. The van der Waals surface area contributed by atoms with Crippen LogP contribution >= 0.6 is 0 Å². The smallest absolute Gasteiger partial charge is 0.280 e. The third-order valence-electron chi connectivity index (χ3n) is 7.19. The minimum atomic E-state index is -1.04. The van der Waals surface area contributed by atoms with Gasteiger partial charge in [0.05, 0.1) is 19.5 Å². The zero-order chi connectivity index (χ0) is 24.4. The predicted molar refractivity (Wildman–Crippen MR) is 123 cm³/mol. The van der Waals surface area contributed by atoms with Gasteiger partial charge in [-0.3, -0.25) is 24.5 Å². The summed E-state index contributed by atoms with van der Waals surface area (Å²) in [5.74, 6) is -0.535. The highest BCUT2D eigenvalue weighted by molar-refractivity contribution is 5.91. The summed E-state index contributed by atoms with van der Waals surface area (Å²) in [6, 6.07) is 9.77. The first kappa shape index (κ1) is 22.4. The van der Waals surface area contributed by atoms with Crippen molar-refractivity contribution in [2.24, 2.45) is 5.92 Å². The summed E-state index contributed by atoms with van der Waals surface area (Å²) >= 11 is 0. The predicted octanol–water partition coefficient (Wildman–Crippen LogP) is 1.49. The van der Waals surface area contributed by atoms with E-state index >= 15 is 0 Å². The van der Waals surface area contributed by atoms with E-state index in [1.165, 1.54) is 6.33 Å². The Morgan fingerprint density at radius 1 is 1.31 bits per heavy atom. The fourth-order valence-corrected chi connectivity index (χ4v) is 5.17. The molecule has 2 aromatic heterocycles. The van der Waals surface area contributed by atoms with Crippen LogP contribution in [-0.4, -0.2) is 60.5 Å². The van der Waals surface area contributed by atoms with Crippen LogP contribution in [0, 0.1) is 5.92 Å². The number of rotatable bonds is 7. The second-order valence-electron chi connectivity index (χ2n) is 9.73. The molecule has 1 saturated carbocycles. The van der Waals surface area contributed by atoms with Crippen LogP contribution in [-0.2, 0) is 25.6 Å². The fraction of sp³-hybridized carbons (Fsp3) is 0.500. The average Bonchev–Trinajstić information content (AvgIpc) is 3.27. The number of hydrogen-bond acceptors (Lipinski definition) is 8. The summed E-state index contributed by atoms with van der Waals surface area (Å²) in [5.41, 5.74) is -0.746. The lowest BCUT2D eigenvalue weighted by Crippen LogP contribution is -2.53. The second kappa shape index (κ2) is 7.95. The number of nitrogens with one attached hydrogen (secondary N) is 2. The first-order chi connectivity index (χ1) is 16.9. The van der Waals surface area contributed by atoms with Crippen LogP contribution in [0.1, 0.15) is 38.5 Å². The standard InChI is InChI=1S/C24H27N5O6/c1-13(2)19(31)27-22-26-18-15(20(32)28-22)25-12-29(18)21-16-17(33-10-14-6-4-3-5-7-14)24(11-30,35-21)23(34-16)8-9-23/h3-7,12-13,16-17,21,30H,8-11H2,1-2H3,(H2,26,27,28,31,32)/t16?,17?,21-,24-/m1/s1. The highest BCUT2D eigenvalue weighted by Gasteiger charge is 2.79. The zero-order valence-electron chi connectivity index (χ0n) is 19.4. The molecule has 1 aliphatic carbocycles. The number of imidazole rings is 1. The van der Waals surface area contributed by atoms with Crippen LogP contribution in [0.2, 0.25) is 0 Å². The van der Waals surface area contributed by atoms with Gasteiger partial charge in [-0.2, -0.15) is 4.98 Å². The molecule has 1 amide bonds. The van der Waals surface area contributed by atoms with Crippen LogP contribution in [0.15, 0.2) is 41.5 Å². The van der Waals surface area contributed by atoms with Gasteiger partial charge in [-0.1, -0.05) is 44.2 Å². The minimum absolute atomic E-state index is 0.0273. The number of carbonyl (C=O) groups is 1. The molecule has 1 aromatic carbocycles. The van der Waals surface area contributed by atoms with E-state index < -0.39 is 35.2 Å². The van der Waals surface area contributed by atoms with Gasteiger partial charge in [-0.05, 0) is 18.4 Å². The molecule has 0 radical (unpaired) electrons. The molecule has 2 saturated heterocycles. The van der Waals surface area contributed by atoms with E-state index in [9.17, 15) is 14.7 Å². The maximum absolute atomic E-state index is 12.6. The number of aliphatic hydroxyl groups is 1. The molecule has 2 unspecified atom stereocenters. The van der Waals surface area contributed by atoms with Crippen LogP contribution in [0.5, 0.6) is 0 Å². The van der Waals surface area contributed by atoms with E-state index in [-0.39, 0.29) is 35.5 Å². The van der Waals surface area contributed by atoms with Crippen LogP contribution < -0.4 is 10.9 Å². The molecule has 4 atom stereocenters. The first-order valence-electron chi connectivity index (χ1n) is 11.8. The summed E-state index contributed by atoms with van der Waals surface area (Å²) in [6.07, 6.45) is 1.22. The molecule has 3 N–H and O–H groups in total. The third kappa shape index (κ3) is 3.33. The van der Waals surface area contributed by atoms with Crippen molar-refractivity contribution in [1.29, 1.82) is 0 Å². The maximum Gasteiger partial charge on any atom is 0.280 e. The number of nitrogens with zero attached hydrogens (tertiary/aromatic N) is 3. The number of amides is 1. The van der Waals surface area contributed by atoms with Crippen molar-refractivity contribution in [1.82, 2.24) is 19.5 Å². The summed E-state index contributed by atoms with van der Waals surface area (Å²) < 4.78 is 20.9. The molecule has 6 rings (SSSR count). The molecule has 3 fully saturated rings. The lowest BCUT2D eigenvalue weighted by Gasteiger charge is -2.37. The Morgan fingerprint density at radius 3 is 2.77 bits per heavy atom. The number of benzene rings is 1. The molecular formula is C24H27N5O6. The Morgan fingerprint density at radius 2 is 2.09 bits per heavy atom. The molecule has 11 nitrogen and oxygen atoms in total. The molecular weight excluding hydrogens is 454 g/mol. The fourth-order valence-electron chi connectivity index (χ4n) is 5.17. The van der Waals surface area contributed by atoms with Crippen molar-refractivity contribution < 1.29 is 24.1 Å². The molecule has 2 aliphatic heterocycles. The van der Waals surface area contributed by atoms with Crippen molar-refractivity contribution >= 4 is 23.0 Å². The van der Waals surface area contributed by atoms with E-state index in [0.29, 0.717) is 6.61 Å². The van der Waals surface area contributed by atoms with Crippen LogP contribution in [0.25, 0.3) is 11.2 Å². The quantitative estimate of drug-likeness (QED) is 0.461. The SMILES string of the molecule is CC(C)C(=O)Nc1nc2c(ncn2[C@@H]2O[C@]3(CO)C(OCc4ccccc4)C2OC32CC2)c(=O)[nH]1. The lowest BCUT2D eigenvalue weighted by molar-refractivity contribution is -0.235. The summed E-state index contributed by atoms with van der Waals surface area (Å²) in [7, 11) is 0. The largest absolute Gasteiger partial charge is 0.393 e. The van der Waals surface area contributed by atoms with Crippen molar-refractivity contribution in [2.75, 3.05) is 11.9 Å². The van der Waals surface area contributed by atoms with E-state index in [0.717, 1.165) is 18.4 Å². The van der Waals surface area contributed by atoms with Gasteiger partial charge in [0.2, 0.25) is 11.9 Å². The van der Waals surface area contributed by atoms with Gasteiger partial charge in [0, 0.05) is 5.92 Å². The molecule has 2 bridgehead atoms. The summed E-state index contributed by atoms with van der Waals surface area (Å²) in [6.45, 7) is 3.56. The number of aliphatic hydroxyl groups excluding tert-OH is 1. The highest BCUT2D eigenvalue weighted by Crippen LogP contribution is 2.65. The van der Waals surface area contributed by atoms with Crippen molar-refractivity contribution in [2.45, 2.75) is 62.9 Å². The van der Waals surface area contributed by atoms with Crippen molar-refractivity contribution in [3.63, 3.8) is 0 Å². The molecule has 1 spiro atoms. The van der Waals surface area contributed by atoms with Gasteiger partial charge in [0.25, 0.3) is 5.56 Å². The molecule has 3 aliphatic rings. The highest BCUT2D eigenvalue weighted by atomic mass is 16.7. The van der Waals surface area contributed by atoms with Crippen molar-refractivity contribution in [3.8, 4) is 0 Å².